The van der Waals surface area contributed by atoms with Gasteiger partial charge in [-0.3, -0.25) is 0 Å². The number of hydrogen-bond acceptors (Lipinski definition) is 2. The first-order chi connectivity index (χ1) is 8.61. The Balaban J connectivity index is 2.42. The second-order valence-corrected chi connectivity index (χ2v) is 4.87. The molecule has 0 bridgehead atoms. The number of hydrogen-bond donors (Lipinski definition) is 1. The van der Waals surface area contributed by atoms with Crippen molar-refractivity contribution in [3.63, 3.8) is 0 Å². The van der Waals surface area contributed by atoms with E-state index >= 15 is 0 Å². The number of halogens is 3. The standard InChI is InChI=1S/C13H10BrClFNO/c14-10-5-4-9(16)6-12(10)18-13-8(7-17)2-1-3-11(13)15/h1-6H,7,17H2. The molecular weight excluding hydrogens is 321 g/mol. The summed E-state index contributed by atoms with van der Waals surface area (Å²) < 4.78 is 19.5. The molecule has 0 aliphatic carbocycles. The van der Waals surface area contributed by atoms with E-state index in [1.807, 2.05) is 6.07 Å². The van der Waals surface area contributed by atoms with Crippen LogP contribution in [0, 0.1) is 5.82 Å². The van der Waals surface area contributed by atoms with Gasteiger partial charge in [0.15, 0.2) is 5.75 Å². The molecule has 0 aromatic heterocycles. The molecule has 0 radical (unpaired) electrons. The van der Waals surface area contributed by atoms with Gasteiger partial charge < -0.3 is 10.5 Å². The van der Waals surface area contributed by atoms with E-state index in [0.29, 0.717) is 27.5 Å². The van der Waals surface area contributed by atoms with Gasteiger partial charge >= 0.3 is 0 Å². The van der Waals surface area contributed by atoms with Gasteiger partial charge in [-0.05, 0) is 34.1 Å². The number of para-hydroxylation sites is 1. The van der Waals surface area contributed by atoms with Crippen LogP contribution in [0.4, 0.5) is 4.39 Å². The SMILES string of the molecule is NCc1cccc(Cl)c1Oc1cc(F)ccc1Br. The number of benzene rings is 2. The zero-order chi connectivity index (χ0) is 13.1. The van der Waals surface area contributed by atoms with Gasteiger partial charge in [0, 0.05) is 18.2 Å². The predicted octanol–water partition coefficient (Wildman–Crippen LogP) is 4.49. The van der Waals surface area contributed by atoms with E-state index in [9.17, 15) is 4.39 Å². The first kappa shape index (κ1) is 13.3. The summed E-state index contributed by atoms with van der Waals surface area (Å²) in [6.45, 7) is 0.294. The zero-order valence-electron chi connectivity index (χ0n) is 9.29. The van der Waals surface area contributed by atoms with Crippen molar-refractivity contribution in [1.82, 2.24) is 0 Å². The van der Waals surface area contributed by atoms with Crippen molar-refractivity contribution < 1.29 is 9.13 Å². The third-order valence-electron chi connectivity index (χ3n) is 2.37. The fourth-order valence-electron chi connectivity index (χ4n) is 1.49. The number of ether oxygens (including phenoxy) is 1. The number of nitrogens with two attached hydrogens (primary N) is 1. The van der Waals surface area contributed by atoms with Crippen LogP contribution >= 0.6 is 27.5 Å². The molecular formula is C13H10BrClFNO. The molecule has 0 saturated heterocycles. The molecule has 2 aromatic carbocycles. The highest BCUT2D eigenvalue weighted by molar-refractivity contribution is 9.10. The molecule has 2 rings (SSSR count). The van der Waals surface area contributed by atoms with E-state index < -0.39 is 0 Å². The fraction of sp³-hybridized carbons (Fsp3) is 0.0769. The molecule has 0 amide bonds. The van der Waals surface area contributed by atoms with E-state index in [2.05, 4.69) is 15.9 Å². The first-order valence-corrected chi connectivity index (χ1v) is 6.39. The Labute approximate surface area is 118 Å². The van der Waals surface area contributed by atoms with Crippen LogP contribution in [-0.4, -0.2) is 0 Å². The zero-order valence-corrected chi connectivity index (χ0v) is 11.6. The normalized spacial score (nSPS) is 10.4. The van der Waals surface area contributed by atoms with Crippen LogP contribution < -0.4 is 10.5 Å². The lowest BCUT2D eigenvalue weighted by molar-refractivity contribution is 0.468. The Bertz CT molecular complexity index is 577. The van der Waals surface area contributed by atoms with Crippen LogP contribution in [0.15, 0.2) is 40.9 Å². The Hall–Kier alpha value is -1.10. The molecule has 5 heteroatoms. The fourth-order valence-corrected chi connectivity index (χ4v) is 2.05. The summed E-state index contributed by atoms with van der Waals surface area (Å²) in [6.07, 6.45) is 0. The van der Waals surface area contributed by atoms with Gasteiger partial charge in [-0.25, -0.2) is 4.39 Å². The van der Waals surface area contributed by atoms with Crippen molar-refractivity contribution >= 4 is 27.5 Å². The quantitative estimate of drug-likeness (QED) is 0.899. The van der Waals surface area contributed by atoms with E-state index in [0.717, 1.165) is 5.56 Å². The average molecular weight is 331 g/mol. The highest BCUT2D eigenvalue weighted by Gasteiger charge is 2.11. The summed E-state index contributed by atoms with van der Waals surface area (Å²) in [6, 6.07) is 9.50. The highest BCUT2D eigenvalue weighted by atomic mass is 79.9. The van der Waals surface area contributed by atoms with Gasteiger partial charge in [0.05, 0.1) is 9.50 Å². The molecule has 2 N–H and O–H groups in total. The Morgan fingerprint density at radius 3 is 2.78 bits per heavy atom. The maximum Gasteiger partial charge on any atom is 0.150 e. The molecule has 2 nitrogen and oxygen atoms in total. The van der Waals surface area contributed by atoms with Gasteiger partial charge in [0.1, 0.15) is 11.6 Å². The molecule has 0 fully saturated rings. The maximum absolute atomic E-state index is 13.2. The van der Waals surface area contributed by atoms with E-state index in [1.165, 1.54) is 12.1 Å². The van der Waals surface area contributed by atoms with Gasteiger partial charge in [0.25, 0.3) is 0 Å². The lowest BCUT2D eigenvalue weighted by Gasteiger charge is -2.12. The van der Waals surface area contributed by atoms with Crippen molar-refractivity contribution in [3.05, 3.63) is 57.3 Å². The van der Waals surface area contributed by atoms with Gasteiger partial charge in [-0.1, -0.05) is 23.7 Å². The van der Waals surface area contributed by atoms with Crippen molar-refractivity contribution in [1.29, 1.82) is 0 Å². The third-order valence-corrected chi connectivity index (χ3v) is 3.33. The third kappa shape index (κ3) is 2.83. The lowest BCUT2D eigenvalue weighted by Crippen LogP contribution is -2.00. The summed E-state index contributed by atoms with van der Waals surface area (Å²) in [5.74, 6) is 0.431. The largest absolute Gasteiger partial charge is 0.454 e. The van der Waals surface area contributed by atoms with Crippen LogP contribution in [-0.2, 0) is 6.54 Å². The summed E-state index contributed by atoms with van der Waals surface area (Å²) in [4.78, 5) is 0. The predicted molar refractivity (Wildman–Crippen MR) is 73.5 cm³/mol. The van der Waals surface area contributed by atoms with Crippen LogP contribution in [0.3, 0.4) is 0 Å². The van der Waals surface area contributed by atoms with Crippen molar-refractivity contribution in [2.75, 3.05) is 0 Å². The monoisotopic (exact) mass is 329 g/mol. The summed E-state index contributed by atoms with van der Waals surface area (Å²) in [5, 5.41) is 0.439. The van der Waals surface area contributed by atoms with Crippen molar-refractivity contribution in [2.24, 2.45) is 5.73 Å². The van der Waals surface area contributed by atoms with Gasteiger partial charge in [-0.2, -0.15) is 0 Å². The minimum Gasteiger partial charge on any atom is -0.454 e. The van der Waals surface area contributed by atoms with E-state index in [4.69, 9.17) is 22.1 Å². The van der Waals surface area contributed by atoms with Crippen molar-refractivity contribution in [2.45, 2.75) is 6.54 Å². The minimum absolute atomic E-state index is 0.294. The average Bonchev–Trinajstić information content (AvgIpc) is 2.36. The second-order valence-electron chi connectivity index (χ2n) is 3.61. The highest BCUT2D eigenvalue weighted by Crippen LogP contribution is 2.36. The molecule has 0 heterocycles. The minimum atomic E-state index is -0.380. The van der Waals surface area contributed by atoms with Crippen LogP contribution in [0.5, 0.6) is 11.5 Å². The lowest BCUT2D eigenvalue weighted by atomic mass is 10.2. The van der Waals surface area contributed by atoms with Crippen LogP contribution in [0.25, 0.3) is 0 Å². The molecule has 94 valence electrons. The Morgan fingerprint density at radius 1 is 1.28 bits per heavy atom. The van der Waals surface area contributed by atoms with Gasteiger partial charge in [0.2, 0.25) is 0 Å². The molecule has 0 saturated carbocycles. The molecule has 18 heavy (non-hydrogen) atoms. The molecule has 0 aliphatic heterocycles. The summed E-state index contributed by atoms with van der Waals surface area (Å²) >= 11 is 9.35. The molecule has 0 unspecified atom stereocenters. The summed E-state index contributed by atoms with van der Waals surface area (Å²) in [5.41, 5.74) is 6.38. The smallest absolute Gasteiger partial charge is 0.150 e. The Kier molecular flexibility index (Phi) is 4.22. The molecule has 0 atom stereocenters. The van der Waals surface area contributed by atoms with Crippen LogP contribution in [0.2, 0.25) is 5.02 Å². The van der Waals surface area contributed by atoms with Crippen molar-refractivity contribution in [3.8, 4) is 11.5 Å². The van der Waals surface area contributed by atoms with E-state index in [-0.39, 0.29) is 5.82 Å². The maximum atomic E-state index is 13.2. The number of rotatable bonds is 3. The topological polar surface area (TPSA) is 35.2 Å². The van der Waals surface area contributed by atoms with Crippen LogP contribution in [0.1, 0.15) is 5.56 Å². The molecule has 0 aliphatic rings. The summed E-state index contributed by atoms with van der Waals surface area (Å²) in [7, 11) is 0. The van der Waals surface area contributed by atoms with Gasteiger partial charge in [-0.15, -0.1) is 0 Å². The Morgan fingerprint density at radius 2 is 2.06 bits per heavy atom. The molecule has 0 spiro atoms. The molecule has 2 aromatic rings. The first-order valence-electron chi connectivity index (χ1n) is 5.22. The van der Waals surface area contributed by atoms with E-state index in [1.54, 1.807) is 18.2 Å². The second kappa shape index (κ2) is 5.69.